The molecule has 0 bridgehead atoms. The molecule has 0 unspecified atom stereocenters. The number of hydrogen-bond donors (Lipinski definition) is 1. The molecule has 1 aliphatic heterocycles. The Hall–Kier alpha value is -2.18. The van der Waals surface area contributed by atoms with Crippen molar-refractivity contribution in [2.75, 3.05) is 24.6 Å². The summed E-state index contributed by atoms with van der Waals surface area (Å²) in [6.45, 7) is 2.54. The maximum absolute atomic E-state index is 9.18. The van der Waals surface area contributed by atoms with Gasteiger partial charge in [-0.1, -0.05) is 11.6 Å². The fraction of sp³-hybridized carbons (Fsp3) is 0.389. The molecule has 4 rings (SSSR count). The number of aromatic nitrogens is 4. The van der Waals surface area contributed by atoms with Gasteiger partial charge in [-0.05, 0) is 37.1 Å². The van der Waals surface area contributed by atoms with Gasteiger partial charge in [-0.2, -0.15) is 5.10 Å². The second-order valence-electron chi connectivity index (χ2n) is 6.32. The van der Waals surface area contributed by atoms with Gasteiger partial charge < -0.3 is 10.0 Å². The van der Waals surface area contributed by atoms with Gasteiger partial charge in [0.2, 0.25) is 0 Å². The van der Waals surface area contributed by atoms with Gasteiger partial charge in [0.1, 0.15) is 12.1 Å². The number of nitrogens with zero attached hydrogens (tertiary/aromatic N) is 5. The molecule has 0 saturated carbocycles. The fourth-order valence-electron chi connectivity index (χ4n) is 3.63. The van der Waals surface area contributed by atoms with Crippen molar-refractivity contribution in [2.24, 2.45) is 0 Å². The zero-order chi connectivity index (χ0) is 17.2. The van der Waals surface area contributed by atoms with Crippen LogP contribution in [-0.4, -0.2) is 44.6 Å². The highest BCUT2D eigenvalue weighted by atomic mass is 35.5. The van der Waals surface area contributed by atoms with Gasteiger partial charge in [0, 0.05) is 41.3 Å². The first kappa shape index (κ1) is 16.3. The maximum Gasteiger partial charge on any atom is 0.139 e. The van der Waals surface area contributed by atoms with Crippen molar-refractivity contribution >= 4 is 28.3 Å². The van der Waals surface area contributed by atoms with E-state index >= 15 is 0 Å². The molecule has 7 heteroatoms. The Labute approximate surface area is 151 Å². The number of fused-ring (bicyclic) bond motifs is 1. The van der Waals surface area contributed by atoms with Gasteiger partial charge in [-0.3, -0.25) is 4.68 Å². The lowest BCUT2D eigenvalue weighted by molar-refractivity contribution is 0.265. The molecule has 0 amide bonds. The minimum atomic E-state index is 0.114. The average Bonchev–Trinajstić information content (AvgIpc) is 3.10. The number of piperidine rings is 1. The standard InChI is InChI=1S/C18H20ClN5O/c19-14-1-2-15-16(11-14)20-12-21-18(15)23-7-4-13(5-8-23)17-3-6-22-24(17)9-10-25/h1-3,6,11-13,25H,4-5,7-10H2. The number of hydrogen-bond acceptors (Lipinski definition) is 5. The van der Waals surface area contributed by atoms with Crippen molar-refractivity contribution in [2.45, 2.75) is 25.3 Å². The average molecular weight is 358 g/mol. The minimum absolute atomic E-state index is 0.114. The summed E-state index contributed by atoms with van der Waals surface area (Å²) in [6.07, 6.45) is 5.50. The summed E-state index contributed by atoms with van der Waals surface area (Å²) in [5, 5.41) is 15.2. The Morgan fingerprint density at radius 1 is 1.16 bits per heavy atom. The van der Waals surface area contributed by atoms with Crippen LogP contribution in [-0.2, 0) is 6.54 Å². The number of rotatable bonds is 4. The molecule has 1 aromatic carbocycles. The summed E-state index contributed by atoms with van der Waals surface area (Å²) in [4.78, 5) is 11.2. The maximum atomic E-state index is 9.18. The van der Waals surface area contributed by atoms with Crippen LogP contribution in [0.2, 0.25) is 5.02 Å². The SMILES string of the molecule is OCCn1nccc1C1CCN(c2ncnc3cc(Cl)ccc23)CC1. The fourth-order valence-corrected chi connectivity index (χ4v) is 3.79. The summed E-state index contributed by atoms with van der Waals surface area (Å²) in [7, 11) is 0. The Bertz CT molecular complexity index is 873. The van der Waals surface area contributed by atoms with Crippen molar-refractivity contribution in [1.82, 2.24) is 19.7 Å². The Kier molecular flexibility index (Phi) is 4.55. The number of aliphatic hydroxyl groups is 1. The van der Waals surface area contributed by atoms with Crippen LogP contribution in [0.1, 0.15) is 24.5 Å². The summed E-state index contributed by atoms with van der Waals surface area (Å²) in [6, 6.07) is 7.83. The molecule has 1 aliphatic rings. The van der Waals surface area contributed by atoms with Crippen LogP contribution < -0.4 is 4.90 Å². The second-order valence-corrected chi connectivity index (χ2v) is 6.76. The number of benzene rings is 1. The van der Waals surface area contributed by atoms with Crippen molar-refractivity contribution in [3.63, 3.8) is 0 Å². The number of aliphatic hydroxyl groups excluding tert-OH is 1. The highest BCUT2D eigenvalue weighted by molar-refractivity contribution is 6.31. The van der Waals surface area contributed by atoms with Crippen LogP contribution in [0.3, 0.4) is 0 Å². The number of anilines is 1. The lowest BCUT2D eigenvalue weighted by atomic mass is 9.93. The van der Waals surface area contributed by atoms with E-state index in [1.165, 1.54) is 5.69 Å². The third kappa shape index (κ3) is 3.19. The van der Waals surface area contributed by atoms with E-state index < -0.39 is 0 Å². The molecular formula is C18H20ClN5O. The lowest BCUT2D eigenvalue weighted by Crippen LogP contribution is -2.34. The van der Waals surface area contributed by atoms with E-state index in [9.17, 15) is 5.11 Å². The first-order valence-corrected chi connectivity index (χ1v) is 8.92. The second kappa shape index (κ2) is 6.98. The van der Waals surface area contributed by atoms with Crippen LogP contribution in [0.4, 0.5) is 5.82 Å². The van der Waals surface area contributed by atoms with E-state index in [1.54, 1.807) is 6.33 Å². The normalized spacial score (nSPS) is 15.8. The molecule has 1 saturated heterocycles. The van der Waals surface area contributed by atoms with Crippen molar-refractivity contribution in [3.8, 4) is 0 Å². The Balaban J connectivity index is 1.53. The lowest BCUT2D eigenvalue weighted by Gasteiger charge is -2.33. The molecule has 3 heterocycles. The van der Waals surface area contributed by atoms with Gasteiger partial charge in [0.05, 0.1) is 18.7 Å². The molecule has 0 spiro atoms. The smallest absolute Gasteiger partial charge is 0.139 e. The Morgan fingerprint density at radius 3 is 2.80 bits per heavy atom. The molecule has 0 aliphatic carbocycles. The van der Waals surface area contributed by atoms with E-state index in [-0.39, 0.29) is 6.61 Å². The topological polar surface area (TPSA) is 67.1 Å². The van der Waals surface area contributed by atoms with Crippen LogP contribution in [0.5, 0.6) is 0 Å². The van der Waals surface area contributed by atoms with Gasteiger partial charge in [-0.15, -0.1) is 0 Å². The minimum Gasteiger partial charge on any atom is -0.394 e. The molecule has 3 aromatic rings. The summed E-state index contributed by atoms with van der Waals surface area (Å²) in [5.41, 5.74) is 2.09. The highest BCUT2D eigenvalue weighted by Crippen LogP contribution is 2.32. The predicted octanol–water partition coefficient (Wildman–Crippen LogP) is 2.86. The molecule has 1 N–H and O–H groups in total. The van der Waals surface area contributed by atoms with E-state index in [4.69, 9.17) is 11.6 Å². The van der Waals surface area contributed by atoms with Crippen molar-refractivity contribution < 1.29 is 5.11 Å². The molecule has 1 fully saturated rings. The van der Waals surface area contributed by atoms with Gasteiger partial charge in [-0.25, -0.2) is 9.97 Å². The van der Waals surface area contributed by atoms with E-state index in [1.807, 2.05) is 29.1 Å². The van der Waals surface area contributed by atoms with Gasteiger partial charge in [0.15, 0.2) is 0 Å². The van der Waals surface area contributed by atoms with Crippen LogP contribution in [0.15, 0.2) is 36.8 Å². The quantitative estimate of drug-likeness (QED) is 0.777. The van der Waals surface area contributed by atoms with Gasteiger partial charge in [0.25, 0.3) is 0 Å². The van der Waals surface area contributed by atoms with E-state index in [0.29, 0.717) is 17.5 Å². The molecule has 6 nitrogen and oxygen atoms in total. The molecule has 2 aromatic heterocycles. The van der Waals surface area contributed by atoms with Gasteiger partial charge >= 0.3 is 0 Å². The third-order valence-corrected chi connectivity index (χ3v) is 5.09. The van der Waals surface area contributed by atoms with Crippen LogP contribution in [0.25, 0.3) is 10.9 Å². The first-order chi connectivity index (χ1) is 12.3. The monoisotopic (exact) mass is 357 g/mol. The Morgan fingerprint density at radius 2 is 2.00 bits per heavy atom. The third-order valence-electron chi connectivity index (χ3n) is 4.85. The first-order valence-electron chi connectivity index (χ1n) is 8.54. The number of halogens is 1. The molecular weight excluding hydrogens is 338 g/mol. The summed E-state index contributed by atoms with van der Waals surface area (Å²) < 4.78 is 1.92. The highest BCUT2D eigenvalue weighted by Gasteiger charge is 2.24. The van der Waals surface area contributed by atoms with E-state index in [2.05, 4.69) is 26.0 Å². The predicted molar refractivity (Wildman–Crippen MR) is 98.0 cm³/mol. The van der Waals surface area contributed by atoms with Crippen LogP contribution in [0, 0.1) is 0 Å². The zero-order valence-corrected chi connectivity index (χ0v) is 14.6. The molecule has 130 valence electrons. The van der Waals surface area contributed by atoms with E-state index in [0.717, 1.165) is 42.7 Å². The largest absolute Gasteiger partial charge is 0.394 e. The summed E-state index contributed by atoms with van der Waals surface area (Å²) in [5.74, 6) is 1.44. The van der Waals surface area contributed by atoms with Crippen molar-refractivity contribution in [1.29, 1.82) is 0 Å². The molecule has 0 atom stereocenters. The van der Waals surface area contributed by atoms with Crippen LogP contribution >= 0.6 is 11.6 Å². The summed E-state index contributed by atoms with van der Waals surface area (Å²) >= 11 is 6.07. The molecule has 0 radical (unpaired) electrons. The van der Waals surface area contributed by atoms with Crippen molar-refractivity contribution in [3.05, 3.63) is 47.5 Å². The zero-order valence-electron chi connectivity index (χ0n) is 13.8. The molecule has 25 heavy (non-hydrogen) atoms.